The Balaban J connectivity index is 2.00. The molecule has 0 bridgehead atoms. The van der Waals surface area contributed by atoms with Gasteiger partial charge in [-0.15, -0.1) is 11.3 Å². The molecule has 6 nitrogen and oxygen atoms in total. The van der Waals surface area contributed by atoms with E-state index in [9.17, 15) is 9.90 Å². The van der Waals surface area contributed by atoms with Crippen molar-refractivity contribution in [3.63, 3.8) is 0 Å². The van der Waals surface area contributed by atoms with Crippen LogP contribution < -0.4 is 5.32 Å². The third kappa shape index (κ3) is 3.89. The van der Waals surface area contributed by atoms with Crippen LogP contribution in [0.2, 0.25) is 0 Å². The normalized spacial score (nSPS) is 13.2. The predicted molar refractivity (Wildman–Crippen MR) is 82.1 cm³/mol. The molecule has 0 aromatic carbocycles. The van der Waals surface area contributed by atoms with Crippen LogP contribution in [0.1, 0.15) is 31.3 Å². The van der Waals surface area contributed by atoms with E-state index in [4.69, 9.17) is 0 Å². The standard InChI is InChI=1S/C14H20N4O2S/c1-14(2,3)11(19)6-15-12(20)10-8-21-13(17-10)9-5-16-18(4)7-9/h5,7-8,11,19H,6H2,1-4H3,(H,15,20). The summed E-state index contributed by atoms with van der Waals surface area (Å²) in [6, 6.07) is 0. The van der Waals surface area contributed by atoms with E-state index in [0.29, 0.717) is 5.69 Å². The van der Waals surface area contributed by atoms with Gasteiger partial charge in [0.15, 0.2) is 0 Å². The summed E-state index contributed by atoms with van der Waals surface area (Å²) < 4.78 is 1.69. The lowest BCUT2D eigenvalue weighted by Crippen LogP contribution is -2.39. The number of carbonyl (C=O) groups is 1. The molecular formula is C14H20N4O2S. The van der Waals surface area contributed by atoms with E-state index >= 15 is 0 Å². The van der Waals surface area contributed by atoms with Crippen molar-refractivity contribution >= 4 is 17.2 Å². The lowest BCUT2D eigenvalue weighted by molar-refractivity contribution is 0.0585. The highest BCUT2D eigenvalue weighted by Gasteiger charge is 2.23. The van der Waals surface area contributed by atoms with Crippen LogP contribution in [-0.4, -0.2) is 38.4 Å². The van der Waals surface area contributed by atoms with Crippen molar-refractivity contribution in [2.45, 2.75) is 26.9 Å². The monoisotopic (exact) mass is 308 g/mol. The molecule has 0 spiro atoms. The second kappa shape index (κ2) is 5.95. The van der Waals surface area contributed by atoms with Crippen molar-refractivity contribution < 1.29 is 9.90 Å². The number of hydrogen-bond donors (Lipinski definition) is 2. The van der Waals surface area contributed by atoms with Crippen LogP contribution in [0.5, 0.6) is 0 Å². The second-order valence-corrected chi connectivity index (χ2v) is 6.89. The molecule has 0 aliphatic carbocycles. The summed E-state index contributed by atoms with van der Waals surface area (Å²) in [5.41, 5.74) is 0.979. The van der Waals surface area contributed by atoms with Gasteiger partial charge in [0, 0.05) is 30.7 Å². The number of nitrogens with zero attached hydrogens (tertiary/aromatic N) is 3. The SMILES string of the molecule is Cn1cc(-c2nc(C(=O)NCC(O)C(C)(C)C)cs2)cn1. The molecule has 0 radical (unpaired) electrons. The van der Waals surface area contributed by atoms with Crippen molar-refractivity contribution in [2.24, 2.45) is 12.5 Å². The third-order valence-corrected chi connectivity index (χ3v) is 4.04. The molecule has 0 saturated carbocycles. The lowest BCUT2D eigenvalue weighted by atomic mass is 9.89. The van der Waals surface area contributed by atoms with Gasteiger partial charge in [0.25, 0.3) is 5.91 Å². The number of amides is 1. The molecular weight excluding hydrogens is 288 g/mol. The number of aromatic nitrogens is 3. The number of aliphatic hydroxyl groups is 1. The fourth-order valence-electron chi connectivity index (χ4n) is 1.63. The Morgan fingerprint density at radius 3 is 2.81 bits per heavy atom. The number of nitrogens with one attached hydrogen (secondary N) is 1. The second-order valence-electron chi connectivity index (χ2n) is 6.03. The third-order valence-electron chi connectivity index (χ3n) is 3.14. The lowest BCUT2D eigenvalue weighted by Gasteiger charge is -2.25. The molecule has 2 aromatic rings. The molecule has 1 atom stereocenters. The molecule has 114 valence electrons. The maximum Gasteiger partial charge on any atom is 0.270 e. The van der Waals surface area contributed by atoms with Gasteiger partial charge >= 0.3 is 0 Å². The van der Waals surface area contributed by atoms with Gasteiger partial charge in [-0.25, -0.2) is 4.98 Å². The van der Waals surface area contributed by atoms with E-state index in [1.165, 1.54) is 11.3 Å². The average Bonchev–Trinajstić information content (AvgIpc) is 3.02. The van der Waals surface area contributed by atoms with Gasteiger partial charge in [-0.05, 0) is 5.41 Å². The topological polar surface area (TPSA) is 80.0 Å². The Labute approximate surface area is 127 Å². The Hall–Kier alpha value is -1.73. The molecule has 1 amide bonds. The average molecular weight is 308 g/mol. The van der Waals surface area contributed by atoms with Gasteiger partial charge in [0.1, 0.15) is 10.7 Å². The minimum atomic E-state index is -0.599. The summed E-state index contributed by atoms with van der Waals surface area (Å²) in [6.45, 7) is 5.98. The highest BCUT2D eigenvalue weighted by Crippen LogP contribution is 2.23. The molecule has 0 saturated heterocycles. The maximum absolute atomic E-state index is 12.0. The number of thiazole rings is 1. The largest absolute Gasteiger partial charge is 0.391 e. The maximum atomic E-state index is 12.0. The zero-order valence-electron chi connectivity index (χ0n) is 12.6. The Morgan fingerprint density at radius 2 is 2.24 bits per heavy atom. The summed E-state index contributed by atoms with van der Waals surface area (Å²) in [6.07, 6.45) is 2.96. The van der Waals surface area contributed by atoms with Crippen LogP contribution in [0.4, 0.5) is 0 Å². The molecule has 2 heterocycles. The van der Waals surface area contributed by atoms with E-state index in [0.717, 1.165) is 10.6 Å². The first-order valence-corrected chi connectivity index (χ1v) is 7.56. The summed E-state index contributed by atoms with van der Waals surface area (Å²) in [5, 5.41) is 19.2. The quantitative estimate of drug-likeness (QED) is 0.900. The predicted octanol–water partition coefficient (Wildman–Crippen LogP) is 1.68. The number of aryl methyl sites for hydroxylation is 1. The molecule has 2 aromatic heterocycles. The van der Waals surface area contributed by atoms with Crippen molar-refractivity contribution in [3.05, 3.63) is 23.5 Å². The summed E-state index contributed by atoms with van der Waals surface area (Å²) in [5.74, 6) is -0.273. The van der Waals surface area contributed by atoms with Crippen LogP contribution in [0.15, 0.2) is 17.8 Å². The van der Waals surface area contributed by atoms with E-state index in [1.807, 2.05) is 34.0 Å². The Bertz CT molecular complexity index is 627. The fourth-order valence-corrected chi connectivity index (χ4v) is 2.40. The van der Waals surface area contributed by atoms with E-state index < -0.39 is 6.10 Å². The molecule has 7 heteroatoms. The molecule has 0 aliphatic heterocycles. The van der Waals surface area contributed by atoms with Gasteiger partial charge < -0.3 is 10.4 Å². The molecule has 1 unspecified atom stereocenters. The highest BCUT2D eigenvalue weighted by atomic mass is 32.1. The molecule has 2 N–H and O–H groups in total. The summed E-state index contributed by atoms with van der Waals surface area (Å²) >= 11 is 1.40. The first kappa shape index (κ1) is 15.7. The smallest absolute Gasteiger partial charge is 0.270 e. The van der Waals surface area contributed by atoms with Crippen molar-refractivity contribution in [1.29, 1.82) is 0 Å². The van der Waals surface area contributed by atoms with Gasteiger partial charge in [-0.1, -0.05) is 20.8 Å². The highest BCUT2D eigenvalue weighted by molar-refractivity contribution is 7.13. The Morgan fingerprint density at radius 1 is 1.52 bits per heavy atom. The summed E-state index contributed by atoms with van der Waals surface area (Å²) in [7, 11) is 1.83. The van der Waals surface area contributed by atoms with Crippen LogP contribution in [-0.2, 0) is 7.05 Å². The molecule has 21 heavy (non-hydrogen) atoms. The summed E-state index contributed by atoms with van der Waals surface area (Å²) in [4.78, 5) is 16.3. The zero-order chi connectivity index (χ0) is 15.6. The first-order valence-electron chi connectivity index (χ1n) is 6.68. The number of hydrogen-bond acceptors (Lipinski definition) is 5. The van der Waals surface area contributed by atoms with Gasteiger partial charge in [-0.2, -0.15) is 5.10 Å². The number of carbonyl (C=O) groups excluding carboxylic acids is 1. The molecule has 0 fully saturated rings. The van der Waals surface area contributed by atoms with Crippen molar-refractivity contribution in [1.82, 2.24) is 20.1 Å². The van der Waals surface area contributed by atoms with Gasteiger partial charge in [0.05, 0.1) is 12.3 Å². The first-order chi connectivity index (χ1) is 9.77. The van der Waals surface area contributed by atoms with Crippen molar-refractivity contribution in [3.8, 4) is 10.6 Å². The minimum absolute atomic E-state index is 0.210. The van der Waals surface area contributed by atoms with Crippen LogP contribution in [0, 0.1) is 5.41 Å². The van der Waals surface area contributed by atoms with E-state index in [1.54, 1.807) is 16.3 Å². The Kier molecular flexibility index (Phi) is 4.43. The number of aliphatic hydroxyl groups excluding tert-OH is 1. The van der Waals surface area contributed by atoms with Crippen LogP contribution in [0.3, 0.4) is 0 Å². The van der Waals surface area contributed by atoms with E-state index in [-0.39, 0.29) is 17.9 Å². The van der Waals surface area contributed by atoms with Gasteiger partial charge in [-0.3, -0.25) is 9.48 Å². The minimum Gasteiger partial charge on any atom is -0.391 e. The molecule has 0 aliphatic rings. The van der Waals surface area contributed by atoms with Gasteiger partial charge in [0.2, 0.25) is 0 Å². The molecule has 2 rings (SSSR count). The van der Waals surface area contributed by atoms with Crippen molar-refractivity contribution in [2.75, 3.05) is 6.54 Å². The van der Waals surface area contributed by atoms with Crippen LogP contribution in [0.25, 0.3) is 10.6 Å². The zero-order valence-corrected chi connectivity index (χ0v) is 13.4. The van der Waals surface area contributed by atoms with E-state index in [2.05, 4.69) is 15.4 Å². The fraction of sp³-hybridized carbons (Fsp3) is 0.500. The van der Waals surface area contributed by atoms with Crippen LogP contribution >= 0.6 is 11.3 Å². The number of rotatable bonds is 4.